The number of fused-ring (bicyclic) bond motifs is 1. The summed E-state index contributed by atoms with van der Waals surface area (Å²) in [4.78, 5) is 33.2. The number of benzene rings is 1. The number of hydrogen-bond donors (Lipinski definition) is 2. The van der Waals surface area contributed by atoms with Crippen LogP contribution in [0, 0.1) is 6.92 Å². The highest BCUT2D eigenvalue weighted by Gasteiger charge is 2.15. The fourth-order valence-electron chi connectivity index (χ4n) is 2.80. The van der Waals surface area contributed by atoms with E-state index in [1.165, 1.54) is 17.6 Å². The quantitative estimate of drug-likeness (QED) is 0.534. The standard InChI is InChI=1S/C20H16N4O3S/c1-12-14(7-9-27-12)19(26)24-20-22-13(11-28-20)10-18(25)23-17-6-2-5-16-15(17)4-3-8-21-16/h2-9,11H,10H2,1H3,(H,23,25)(H,22,24,26). The molecule has 2 N–H and O–H groups in total. The first kappa shape index (κ1) is 17.9. The Balaban J connectivity index is 1.41. The van der Waals surface area contributed by atoms with Crippen molar-refractivity contribution in [3.8, 4) is 0 Å². The molecule has 0 spiro atoms. The van der Waals surface area contributed by atoms with Crippen LogP contribution in [-0.2, 0) is 11.2 Å². The second-order valence-electron chi connectivity index (χ2n) is 6.09. The van der Waals surface area contributed by atoms with Crippen LogP contribution < -0.4 is 10.6 Å². The van der Waals surface area contributed by atoms with E-state index in [0.29, 0.717) is 27.8 Å². The van der Waals surface area contributed by atoms with Gasteiger partial charge in [-0.25, -0.2) is 4.98 Å². The predicted molar refractivity (Wildman–Crippen MR) is 108 cm³/mol. The van der Waals surface area contributed by atoms with Crippen LogP contribution in [0.3, 0.4) is 0 Å². The lowest BCUT2D eigenvalue weighted by atomic mass is 10.2. The first-order chi connectivity index (χ1) is 13.6. The molecule has 0 aliphatic carbocycles. The smallest absolute Gasteiger partial charge is 0.260 e. The fourth-order valence-corrected chi connectivity index (χ4v) is 3.51. The van der Waals surface area contributed by atoms with Gasteiger partial charge in [-0.2, -0.15) is 0 Å². The van der Waals surface area contributed by atoms with Gasteiger partial charge in [0.2, 0.25) is 5.91 Å². The SMILES string of the molecule is Cc1occc1C(=O)Nc1nc(CC(=O)Nc2cccc3ncccc23)cs1. The number of amides is 2. The Kier molecular flexibility index (Phi) is 4.86. The summed E-state index contributed by atoms with van der Waals surface area (Å²) < 4.78 is 5.13. The molecule has 0 saturated carbocycles. The van der Waals surface area contributed by atoms with E-state index in [1.807, 2.05) is 30.3 Å². The van der Waals surface area contributed by atoms with Gasteiger partial charge in [-0.15, -0.1) is 11.3 Å². The third kappa shape index (κ3) is 3.77. The number of anilines is 2. The Morgan fingerprint density at radius 3 is 2.86 bits per heavy atom. The number of furan rings is 1. The molecule has 4 aromatic rings. The molecule has 3 heterocycles. The summed E-state index contributed by atoms with van der Waals surface area (Å²) in [7, 11) is 0. The lowest BCUT2D eigenvalue weighted by molar-refractivity contribution is -0.115. The van der Waals surface area contributed by atoms with Gasteiger partial charge in [0, 0.05) is 17.0 Å². The molecule has 7 nitrogen and oxygen atoms in total. The first-order valence-electron chi connectivity index (χ1n) is 8.53. The third-order valence-corrected chi connectivity index (χ3v) is 4.94. The summed E-state index contributed by atoms with van der Waals surface area (Å²) in [6.45, 7) is 1.72. The molecule has 0 unspecified atom stereocenters. The first-order valence-corrected chi connectivity index (χ1v) is 9.41. The van der Waals surface area contributed by atoms with Crippen LogP contribution >= 0.6 is 11.3 Å². The third-order valence-electron chi connectivity index (χ3n) is 4.14. The van der Waals surface area contributed by atoms with Gasteiger partial charge in [0.15, 0.2) is 5.13 Å². The maximum absolute atomic E-state index is 12.4. The zero-order chi connectivity index (χ0) is 19.5. The summed E-state index contributed by atoms with van der Waals surface area (Å²) >= 11 is 1.27. The molecule has 0 atom stereocenters. The normalized spacial score (nSPS) is 10.8. The van der Waals surface area contributed by atoms with Crippen molar-refractivity contribution in [3.63, 3.8) is 0 Å². The van der Waals surface area contributed by atoms with Crippen molar-refractivity contribution in [2.24, 2.45) is 0 Å². The van der Waals surface area contributed by atoms with Crippen molar-refractivity contribution in [3.05, 3.63) is 71.3 Å². The van der Waals surface area contributed by atoms with Crippen molar-refractivity contribution < 1.29 is 14.0 Å². The van der Waals surface area contributed by atoms with Gasteiger partial charge in [0.05, 0.1) is 35.1 Å². The highest BCUT2D eigenvalue weighted by molar-refractivity contribution is 7.14. The number of carbonyl (C=O) groups excluding carboxylic acids is 2. The van der Waals surface area contributed by atoms with Crippen molar-refractivity contribution in [1.82, 2.24) is 9.97 Å². The van der Waals surface area contributed by atoms with Crippen LogP contribution in [0.2, 0.25) is 0 Å². The minimum atomic E-state index is -0.292. The molecule has 0 saturated heterocycles. The highest BCUT2D eigenvalue weighted by atomic mass is 32.1. The molecule has 0 aliphatic rings. The second-order valence-corrected chi connectivity index (χ2v) is 6.95. The molecule has 0 fully saturated rings. The Labute approximate surface area is 164 Å². The van der Waals surface area contributed by atoms with Gasteiger partial charge >= 0.3 is 0 Å². The lowest BCUT2D eigenvalue weighted by Crippen LogP contribution is -2.15. The van der Waals surface area contributed by atoms with Crippen molar-refractivity contribution in [2.45, 2.75) is 13.3 Å². The molecule has 8 heteroatoms. The number of thiazole rings is 1. The molecule has 3 aromatic heterocycles. The summed E-state index contributed by atoms with van der Waals surface area (Å²) in [6.07, 6.45) is 3.28. The van der Waals surface area contributed by atoms with E-state index in [-0.39, 0.29) is 18.2 Å². The molecule has 2 amide bonds. The molecule has 140 valence electrons. The number of nitrogens with zero attached hydrogens (tertiary/aromatic N) is 2. The molecular formula is C20H16N4O3S. The summed E-state index contributed by atoms with van der Waals surface area (Å²) in [5.74, 6) is 0.0586. The van der Waals surface area contributed by atoms with E-state index in [9.17, 15) is 9.59 Å². The Morgan fingerprint density at radius 2 is 2.04 bits per heavy atom. The number of aromatic nitrogens is 2. The van der Waals surface area contributed by atoms with Crippen LogP contribution in [0.1, 0.15) is 21.8 Å². The number of rotatable bonds is 5. The Morgan fingerprint density at radius 1 is 1.14 bits per heavy atom. The van der Waals surface area contributed by atoms with E-state index in [4.69, 9.17) is 4.42 Å². The van der Waals surface area contributed by atoms with E-state index in [1.54, 1.807) is 24.6 Å². The van der Waals surface area contributed by atoms with Gasteiger partial charge < -0.3 is 9.73 Å². The van der Waals surface area contributed by atoms with Crippen LogP contribution in [0.5, 0.6) is 0 Å². The largest absolute Gasteiger partial charge is 0.469 e. The lowest BCUT2D eigenvalue weighted by Gasteiger charge is -2.07. The average molecular weight is 392 g/mol. The fraction of sp³-hybridized carbons (Fsp3) is 0.100. The van der Waals surface area contributed by atoms with E-state index < -0.39 is 0 Å². The maximum Gasteiger partial charge on any atom is 0.260 e. The van der Waals surface area contributed by atoms with Crippen LogP contribution in [0.15, 0.2) is 58.7 Å². The van der Waals surface area contributed by atoms with Crippen molar-refractivity contribution in [1.29, 1.82) is 0 Å². The highest BCUT2D eigenvalue weighted by Crippen LogP contribution is 2.22. The van der Waals surface area contributed by atoms with E-state index in [2.05, 4.69) is 20.6 Å². The molecule has 0 aliphatic heterocycles. The Bertz CT molecular complexity index is 1160. The van der Waals surface area contributed by atoms with Crippen molar-refractivity contribution >= 4 is 44.9 Å². The van der Waals surface area contributed by atoms with Crippen LogP contribution in [0.4, 0.5) is 10.8 Å². The van der Waals surface area contributed by atoms with Gasteiger partial charge in [0.1, 0.15) is 5.76 Å². The monoisotopic (exact) mass is 392 g/mol. The zero-order valence-electron chi connectivity index (χ0n) is 14.9. The number of hydrogen-bond acceptors (Lipinski definition) is 6. The molecule has 1 aromatic carbocycles. The summed E-state index contributed by atoms with van der Waals surface area (Å²) in [5, 5.41) is 8.68. The molecule has 4 rings (SSSR count). The van der Waals surface area contributed by atoms with E-state index >= 15 is 0 Å². The molecule has 0 bridgehead atoms. The van der Waals surface area contributed by atoms with E-state index in [0.717, 1.165) is 10.9 Å². The Hall–Kier alpha value is -3.52. The van der Waals surface area contributed by atoms with Gasteiger partial charge in [0.25, 0.3) is 5.91 Å². The maximum atomic E-state index is 12.4. The van der Waals surface area contributed by atoms with Crippen LogP contribution in [-0.4, -0.2) is 21.8 Å². The van der Waals surface area contributed by atoms with Gasteiger partial charge in [-0.3, -0.25) is 19.9 Å². The van der Waals surface area contributed by atoms with Crippen molar-refractivity contribution in [2.75, 3.05) is 10.6 Å². The molecule has 0 radical (unpaired) electrons. The predicted octanol–water partition coefficient (Wildman–Crippen LogP) is 4.03. The second kappa shape index (κ2) is 7.61. The molecule has 28 heavy (non-hydrogen) atoms. The van der Waals surface area contributed by atoms with Gasteiger partial charge in [-0.1, -0.05) is 6.07 Å². The number of nitrogens with one attached hydrogen (secondary N) is 2. The number of aryl methyl sites for hydroxylation is 1. The topological polar surface area (TPSA) is 97.1 Å². The van der Waals surface area contributed by atoms with Crippen LogP contribution in [0.25, 0.3) is 10.9 Å². The minimum absolute atomic E-state index is 0.105. The number of pyridine rings is 1. The van der Waals surface area contributed by atoms with Gasteiger partial charge in [-0.05, 0) is 37.3 Å². The summed E-state index contributed by atoms with van der Waals surface area (Å²) in [5.41, 5.74) is 2.56. The number of carbonyl (C=O) groups is 2. The minimum Gasteiger partial charge on any atom is -0.469 e. The zero-order valence-corrected chi connectivity index (χ0v) is 15.7. The molecular weight excluding hydrogens is 376 g/mol. The average Bonchev–Trinajstić information content (AvgIpc) is 3.30. The summed E-state index contributed by atoms with van der Waals surface area (Å²) in [6, 6.07) is 10.9.